The van der Waals surface area contributed by atoms with Crippen LogP contribution in [0.4, 0.5) is 4.79 Å². The predicted molar refractivity (Wildman–Crippen MR) is 71.6 cm³/mol. The van der Waals surface area contributed by atoms with Crippen molar-refractivity contribution in [1.82, 2.24) is 9.66 Å². The Morgan fingerprint density at radius 3 is 2.63 bits per heavy atom. The smallest absolute Gasteiger partial charge is 0.440 e. The van der Waals surface area contributed by atoms with Gasteiger partial charge in [-0.25, -0.2) is 19.2 Å². The van der Waals surface area contributed by atoms with Crippen LogP contribution in [0.15, 0.2) is 12.4 Å². The van der Waals surface area contributed by atoms with Gasteiger partial charge in [-0.2, -0.15) is 0 Å². The van der Waals surface area contributed by atoms with Crippen molar-refractivity contribution in [1.29, 1.82) is 0 Å². The van der Waals surface area contributed by atoms with Crippen LogP contribution >= 0.6 is 16.1 Å². The minimum atomic E-state index is -0.670. The van der Waals surface area contributed by atoms with Crippen LogP contribution in [0, 0.1) is 0 Å². The number of amides is 1. The fraction of sp³-hybridized carbons (Fsp3) is 0.545. The van der Waals surface area contributed by atoms with E-state index in [0.717, 1.165) is 4.03 Å². The molecule has 0 saturated carbocycles. The summed E-state index contributed by atoms with van der Waals surface area (Å²) in [6.07, 6.45) is 2.14. The second-order valence-corrected chi connectivity index (χ2v) is 5.23. The van der Waals surface area contributed by atoms with Crippen molar-refractivity contribution in [2.45, 2.75) is 33.3 Å². The van der Waals surface area contributed by atoms with E-state index in [2.05, 4.69) is 21.1 Å². The van der Waals surface area contributed by atoms with Crippen molar-refractivity contribution >= 4 is 28.2 Å². The van der Waals surface area contributed by atoms with Crippen LogP contribution in [-0.2, 0) is 9.47 Å². The molecule has 1 heterocycles. The molecule has 0 bridgehead atoms. The lowest BCUT2D eigenvalue weighted by Crippen LogP contribution is -2.38. The first-order valence-electron chi connectivity index (χ1n) is 5.66. The van der Waals surface area contributed by atoms with Gasteiger partial charge >= 0.3 is 12.1 Å². The summed E-state index contributed by atoms with van der Waals surface area (Å²) in [6, 6.07) is 0. The number of nitrogens with zero attached hydrogens (tertiary/aromatic N) is 3. The molecule has 106 valence electrons. The summed E-state index contributed by atoms with van der Waals surface area (Å²) in [5, 5.41) is 0. The lowest BCUT2D eigenvalue weighted by Gasteiger charge is -2.23. The number of imidazole rings is 1. The molecule has 0 unspecified atom stereocenters. The fourth-order valence-electron chi connectivity index (χ4n) is 1.17. The van der Waals surface area contributed by atoms with Gasteiger partial charge in [0.25, 0.3) is 0 Å². The Balaban J connectivity index is 2.89. The summed E-state index contributed by atoms with van der Waals surface area (Å²) < 4.78 is 12.2. The Bertz CT molecular complexity index is 467. The molecule has 0 aliphatic carbocycles. The molecular formula is C11H16BrN3O4. The molecule has 0 aliphatic rings. The third-order valence-corrected chi connectivity index (χ3v) is 2.44. The largest absolute Gasteiger partial charge is 0.460 e. The Morgan fingerprint density at radius 2 is 2.11 bits per heavy atom. The zero-order chi connectivity index (χ0) is 14.6. The second kappa shape index (κ2) is 6.05. The van der Waals surface area contributed by atoms with Crippen molar-refractivity contribution < 1.29 is 19.1 Å². The zero-order valence-corrected chi connectivity index (χ0v) is 12.8. The van der Waals surface area contributed by atoms with E-state index in [9.17, 15) is 9.59 Å². The number of hydrogen-bond acceptors (Lipinski definition) is 5. The van der Waals surface area contributed by atoms with E-state index in [0.29, 0.717) is 0 Å². The summed E-state index contributed by atoms with van der Waals surface area (Å²) >= 11 is 3.03. The molecule has 8 heteroatoms. The van der Waals surface area contributed by atoms with Crippen LogP contribution in [0.25, 0.3) is 0 Å². The SMILES string of the molecule is CCOC(=O)c1nccn1N(Br)C(=O)OC(C)(C)C. The third kappa shape index (κ3) is 4.23. The topological polar surface area (TPSA) is 73.7 Å². The number of esters is 1. The fourth-order valence-corrected chi connectivity index (χ4v) is 1.50. The van der Waals surface area contributed by atoms with E-state index in [1.165, 1.54) is 17.1 Å². The first-order chi connectivity index (χ1) is 8.76. The highest BCUT2D eigenvalue weighted by atomic mass is 79.9. The molecule has 1 aromatic rings. The second-order valence-electron chi connectivity index (χ2n) is 4.56. The Labute approximate surface area is 119 Å². The number of ether oxygens (including phenoxy) is 2. The maximum Gasteiger partial charge on any atom is 0.440 e. The molecule has 1 amide bonds. The number of rotatable bonds is 3. The van der Waals surface area contributed by atoms with Crippen LogP contribution < -0.4 is 4.03 Å². The Hall–Kier alpha value is -1.57. The summed E-state index contributed by atoms with van der Waals surface area (Å²) in [4.78, 5) is 27.3. The molecule has 7 nitrogen and oxygen atoms in total. The van der Waals surface area contributed by atoms with Gasteiger partial charge in [0.2, 0.25) is 5.82 Å². The molecule has 0 spiro atoms. The van der Waals surface area contributed by atoms with Crippen LogP contribution in [0.2, 0.25) is 0 Å². The lowest BCUT2D eigenvalue weighted by atomic mass is 10.2. The Morgan fingerprint density at radius 1 is 1.47 bits per heavy atom. The van der Waals surface area contributed by atoms with E-state index in [-0.39, 0.29) is 12.4 Å². The minimum Gasteiger partial charge on any atom is -0.460 e. The van der Waals surface area contributed by atoms with Crippen LogP contribution in [0.5, 0.6) is 0 Å². The van der Waals surface area contributed by atoms with Gasteiger partial charge in [-0.05, 0) is 27.7 Å². The van der Waals surface area contributed by atoms with E-state index in [4.69, 9.17) is 9.47 Å². The van der Waals surface area contributed by atoms with Gasteiger partial charge in [0.15, 0.2) is 0 Å². The molecule has 0 radical (unpaired) electrons. The normalized spacial score (nSPS) is 11.0. The van der Waals surface area contributed by atoms with Gasteiger partial charge in [-0.1, -0.05) is 0 Å². The third-order valence-electron chi connectivity index (χ3n) is 1.81. The van der Waals surface area contributed by atoms with Crippen LogP contribution in [-0.4, -0.2) is 33.9 Å². The molecule has 0 saturated heterocycles. The van der Waals surface area contributed by atoms with Gasteiger partial charge in [0, 0.05) is 12.4 Å². The monoisotopic (exact) mass is 333 g/mol. The number of carbonyl (C=O) groups excluding carboxylic acids is 2. The summed E-state index contributed by atoms with van der Waals surface area (Å²) in [5.41, 5.74) is -0.645. The quantitative estimate of drug-likeness (QED) is 0.626. The van der Waals surface area contributed by atoms with Gasteiger partial charge in [0.1, 0.15) is 5.60 Å². The molecule has 1 aromatic heterocycles. The number of hydrogen-bond donors (Lipinski definition) is 0. The van der Waals surface area contributed by atoms with E-state index in [1.807, 2.05) is 0 Å². The van der Waals surface area contributed by atoms with Gasteiger partial charge < -0.3 is 9.47 Å². The lowest BCUT2D eigenvalue weighted by molar-refractivity contribution is 0.0502. The molecular weight excluding hydrogens is 318 g/mol. The zero-order valence-electron chi connectivity index (χ0n) is 11.2. The van der Waals surface area contributed by atoms with Crippen LogP contribution in [0.3, 0.4) is 0 Å². The van der Waals surface area contributed by atoms with E-state index in [1.54, 1.807) is 27.7 Å². The maximum absolute atomic E-state index is 11.8. The first-order valence-corrected chi connectivity index (χ1v) is 6.37. The highest BCUT2D eigenvalue weighted by Gasteiger charge is 2.25. The summed E-state index contributed by atoms with van der Waals surface area (Å²) in [6.45, 7) is 7.13. The molecule has 0 atom stereocenters. The van der Waals surface area contributed by atoms with Gasteiger partial charge in [-0.15, -0.1) is 4.03 Å². The molecule has 0 aromatic carbocycles. The summed E-state index contributed by atoms with van der Waals surface area (Å²) in [7, 11) is 0. The first kappa shape index (κ1) is 15.5. The summed E-state index contributed by atoms with van der Waals surface area (Å²) in [5.74, 6) is -0.648. The van der Waals surface area contributed by atoms with E-state index < -0.39 is 17.7 Å². The molecule has 0 aliphatic heterocycles. The average Bonchev–Trinajstić information content (AvgIpc) is 2.74. The average molecular weight is 334 g/mol. The maximum atomic E-state index is 11.8. The van der Waals surface area contributed by atoms with Crippen molar-refractivity contribution in [3.8, 4) is 0 Å². The van der Waals surface area contributed by atoms with Crippen molar-refractivity contribution in [2.24, 2.45) is 0 Å². The highest BCUT2D eigenvalue weighted by molar-refractivity contribution is 9.10. The van der Waals surface area contributed by atoms with Crippen LogP contribution in [0.1, 0.15) is 38.3 Å². The Kier molecular flexibility index (Phi) is 4.93. The molecule has 0 fully saturated rings. The minimum absolute atomic E-state index is 0.0235. The van der Waals surface area contributed by atoms with Crippen molar-refractivity contribution in [3.05, 3.63) is 18.2 Å². The predicted octanol–water partition coefficient (Wildman–Crippen LogP) is 2.24. The van der Waals surface area contributed by atoms with Gasteiger partial charge in [0.05, 0.1) is 22.8 Å². The molecule has 0 N–H and O–H groups in total. The number of halogens is 1. The molecule has 1 rings (SSSR count). The highest BCUT2D eigenvalue weighted by Crippen LogP contribution is 2.13. The van der Waals surface area contributed by atoms with Crippen molar-refractivity contribution in [2.75, 3.05) is 10.6 Å². The van der Waals surface area contributed by atoms with Gasteiger partial charge in [-0.3, -0.25) is 0 Å². The number of aromatic nitrogens is 2. The number of carbonyl (C=O) groups is 2. The molecule has 19 heavy (non-hydrogen) atoms. The van der Waals surface area contributed by atoms with E-state index >= 15 is 0 Å². The van der Waals surface area contributed by atoms with Crippen molar-refractivity contribution in [3.63, 3.8) is 0 Å². The standard InChI is InChI=1S/C11H16BrN3O4/c1-5-18-9(16)8-13-6-7-14(8)15(12)10(17)19-11(2,3)4/h6-7H,5H2,1-4H3.